The topological polar surface area (TPSA) is 92.1 Å². The smallest absolute Gasteiger partial charge is 0.254 e. The molecule has 1 N–H and O–H groups in total. The number of nitrogens with one attached hydrogen (secondary N) is 1. The Hall–Kier alpha value is -3.69. The molecule has 1 amide bonds. The maximum Gasteiger partial charge on any atom is 0.254 e. The number of alkyl halides is 2. The molecule has 30 heavy (non-hydrogen) atoms. The van der Waals surface area contributed by atoms with Gasteiger partial charge in [-0.3, -0.25) is 19.3 Å². The number of aromatic amines is 1. The summed E-state index contributed by atoms with van der Waals surface area (Å²) in [4.78, 5) is 27.1. The third kappa shape index (κ3) is 3.30. The van der Waals surface area contributed by atoms with Crippen LogP contribution in [0.5, 0.6) is 0 Å². The van der Waals surface area contributed by atoms with Gasteiger partial charge in [0.1, 0.15) is 17.7 Å². The van der Waals surface area contributed by atoms with E-state index in [1.54, 1.807) is 30.7 Å². The molecule has 4 aromatic heterocycles. The van der Waals surface area contributed by atoms with Crippen molar-refractivity contribution in [3.05, 3.63) is 54.7 Å². The Balaban J connectivity index is 1.39. The number of fused-ring (bicyclic) bond motifs is 1. The number of H-pyrrole nitrogens is 1. The zero-order valence-electron chi connectivity index (χ0n) is 15.8. The molecule has 0 saturated carbocycles. The summed E-state index contributed by atoms with van der Waals surface area (Å²) in [5.74, 6) is -2.36. The van der Waals surface area contributed by atoms with Crippen molar-refractivity contribution in [1.82, 2.24) is 34.4 Å². The van der Waals surface area contributed by atoms with E-state index in [-0.39, 0.29) is 31.8 Å². The van der Waals surface area contributed by atoms with Crippen molar-refractivity contribution in [1.29, 1.82) is 0 Å². The zero-order chi connectivity index (χ0) is 20.7. The summed E-state index contributed by atoms with van der Waals surface area (Å²) >= 11 is 0. The lowest BCUT2D eigenvalue weighted by Crippen LogP contribution is -2.42. The Kier molecular flexibility index (Phi) is 4.27. The second kappa shape index (κ2) is 6.97. The van der Waals surface area contributed by atoms with Gasteiger partial charge in [-0.05, 0) is 24.3 Å². The van der Waals surface area contributed by atoms with Gasteiger partial charge >= 0.3 is 0 Å². The number of amides is 1. The lowest BCUT2D eigenvalue weighted by atomic mass is 10.1. The van der Waals surface area contributed by atoms with Gasteiger partial charge in [0, 0.05) is 49.5 Å². The molecule has 0 aromatic carbocycles. The number of likely N-dealkylation sites (tertiary alicyclic amines) is 1. The fourth-order valence-electron chi connectivity index (χ4n) is 3.56. The van der Waals surface area contributed by atoms with E-state index in [4.69, 9.17) is 0 Å². The first-order chi connectivity index (χ1) is 14.5. The molecule has 1 aliphatic rings. The third-order valence-corrected chi connectivity index (χ3v) is 5.26. The van der Waals surface area contributed by atoms with E-state index in [9.17, 15) is 13.6 Å². The highest BCUT2D eigenvalue weighted by atomic mass is 19.3. The summed E-state index contributed by atoms with van der Waals surface area (Å²) in [6.07, 6.45) is 6.00. The van der Waals surface area contributed by atoms with E-state index in [2.05, 4.69) is 25.1 Å². The van der Waals surface area contributed by atoms with Crippen LogP contribution in [0.4, 0.5) is 8.78 Å². The number of carbonyl (C=O) groups excluding carboxylic acids is 1. The van der Waals surface area contributed by atoms with Crippen molar-refractivity contribution in [2.45, 2.75) is 18.8 Å². The molecule has 152 valence electrons. The van der Waals surface area contributed by atoms with E-state index in [1.807, 2.05) is 16.5 Å². The molecular weight excluding hydrogens is 392 g/mol. The van der Waals surface area contributed by atoms with Gasteiger partial charge in [-0.1, -0.05) is 0 Å². The van der Waals surface area contributed by atoms with Crippen LogP contribution in [-0.4, -0.2) is 59.4 Å². The Bertz CT molecular complexity index is 1190. The average Bonchev–Trinajstić information content (AvgIpc) is 3.43. The van der Waals surface area contributed by atoms with Crippen molar-refractivity contribution < 1.29 is 13.6 Å². The van der Waals surface area contributed by atoms with Crippen LogP contribution in [0.3, 0.4) is 0 Å². The number of pyridine rings is 2. The number of rotatable bonds is 3. The highest BCUT2D eigenvalue weighted by Gasteiger charge is 2.35. The number of piperidine rings is 1. The van der Waals surface area contributed by atoms with Gasteiger partial charge < -0.3 is 4.90 Å². The van der Waals surface area contributed by atoms with Gasteiger partial charge in [-0.15, -0.1) is 0 Å². The summed E-state index contributed by atoms with van der Waals surface area (Å²) in [5, 5.41) is 6.58. The quantitative estimate of drug-likeness (QED) is 0.562. The van der Waals surface area contributed by atoms with Crippen molar-refractivity contribution >= 4 is 11.6 Å². The first-order valence-corrected chi connectivity index (χ1v) is 9.47. The van der Waals surface area contributed by atoms with Crippen molar-refractivity contribution in [3.8, 4) is 22.8 Å². The standard InChI is InChI=1S/C20H17F2N7O/c21-20(22)4-7-28(8-5-20)19(30)13-3-6-29-16(11-24-17(29)9-13)14-1-2-15(23-10-14)18-25-12-26-27-18/h1-3,6,9-12H,4-5,7-8H2,(H,25,26,27). The van der Waals surface area contributed by atoms with Gasteiger partial charge in [-0.2, -0.15) is 5.10 Å². The van der Waals surface area contributed by atoms with Crippen LogP contribution in [0.25, 0.3) is 28.4 Å². The Labute approximate surface area is 169 Å². The van der Waals surface area contributed by atoms with Gasteiger partial charge in [0.25, 0.3) is 11.8 Å². The molecule has 1 aliphatic heterocycles. The molecule has 5 heterocycles. The molecule has 0 bridgehead atoms. The highest BCUT2D eigenvalue weighted by molar-refractivity contribution is 5.95. The second-order valence-electron chi connectivity index (χ2n) is 7.20. The minimum absolute atomic E-state index is 0.0555. The maximum atomic E-state index is 13.4. The van der Waals surface area contributed by atoms with Crippen LogP contribution in [0.15, 0.2) is 49.2 Å². The lowest BCUT2D eigenvalue weighted by molar-refractivity contribution is -0.0494. The number of carbonyl (C=O) groups is 1. The predicted molar refractivity (Wildman–Crippen MR) is 104 cm³/mol. The highest BCUT2D eigenvalue weighted by Crippen LogP contribution is 2.29. The first-order valence-electron chi connectivity index (χ1n) is 9.47. The Morgan fingerprint density at radius 3 is 2.60 bits per heavy atom. The molecule has 0 unspecified atom stereocenters. The molecule has 0 spiro atoms. The van der Waals surface area contributed by atoms with Crippen molar-refractivity contribution in [3.63, 3.8) is 0 Å². The van der Waals surface area contributed by atoms with Gasteiger partial charge in [0.2, 0.25) is 0 Å². The van der Waals surface area contributed by atoms with Crippen LogP contribution in [0, 0.1) is 0 Å². The van der Waals surface area contributed by atoms with Gasteiger partial charge in [-0.25, -0.2) is 18.7 Å². The summed E-state index contributed by atoms with van der Waals surface area (Å²) in [6.45, 7) is 0.111. The fraction of sp³-hybridized carbons (Fsp3) is 0.250. The van der Waals surface area contributed by atoms with Crippen molar-refractivity contribution in [2.75, 3.05) is 13.1 Å². The third-order valence-electron chi connectivity index (χ3n) is 5.26. The average molecular weight is 409 g/mol. The summed E-state index contributed by atoms with van der Waals surface area (Å²) in [7, 11) is 0. The molecule has 0 radical (unpaired) electrons. The molecule has 5 rings (SSSR count). The Morgan fingerprint density at radius 2 is 1.90 bits per heavy atom. The first kappa shape index (κ1) is 18.3. The normalized spacial score (nSPS) is 16.1. The molecule has 8 nitrogen and oxygen atoms in total. The Morgan fingerprint density at radius 1 is 1.07 bits per heavy atom. The van der Waals surface area contributed by atoms with Crippen LogP contribution in [-0.2, 0) is 0 Å². The maximum absolute atomic E-state index is 13.4. The van der Waals surface area contributed by atoms with Crippen LogP contribution >= 0.6 is 0 Å². The summed E-state index contributed by atoms with van der Waals surface area (Å²) in [6, 6.07) is 7.10. The number of halogens is 2. The van der Waals surface area contributed by atoms with E-state index in [0.29, 0.717) is 22.7 Å². The SMILES string of the molecule is O=C(c1ccn2c(-c3ccc(-c4ncn[nH]4)nc3)cnc2c1)N1CCC(F)(F)CC1. The minimum atomic E-state index is -2.68. The number of hydrogen-bond donors (Lipinski definition) is 1. The van der Waals surface area contributed by atoms with Crippen molar-refractivity contribution in [2.24, 2.45) is 0 Å². The predicted octanol–water partition coefficient (Wildman–Crippen LogP) is 3.05. The number of hydrogen-bond acceptors (Lipinski definition) is 5. The van der Waals surface area contributed by atoms with Crippen LogP contribution < -0.4 is 0 Å². The molecular formula is C20H17F2N7O. The van der Waals surface area contributed by atoms with E-state index in [1.165, 1.54) is 11.2 Å². The van der Waals surface area contributed by atoms with Crippen LogP contribution in [0.2, 0.25) is 0 Å². The van der Waals surface area contributed by atoms with Crippen LogP contribution in [0.1, 0.15) is 23.2 Å². The monoisotopic (exact) mass is 409 g/mol. The molecule has 1 fully saturated rings. The fourth-order valence-corrected chi connectivity index (χ4v) is 3.56. The van der Waals surface area contributed by atoms with Gasteiger partial charge in [0.15, 0.2) is 5.82 Å². The summed E-state index contributed by atoms with van der Waals surface area (Å²) in [5.41, 5.74) is 3.37. The number of imidazole rings is 1. The molecule has 10 heteroatoms. The largest absolute Gasteiger partial charge is 0.338 e. The minimum Gasteiger partial charge on any atom is -0.338 e. The molecule has 0 aliphatic carbocycles. The van der Waals surface area contributed by atoms with E-state index < -0.39 is 5.92 Å². The van der Waals surface area contributed by atoms with E-state index in [0.717, 1.165) is 11.3 Å². The molecule has 1 saturated heterocycles. The number of nitrogens with zero attached hydrogens (tertiary/aromatic N) is 6. The molecule has 4 aromatic rings. The number of aromatic nitrogens is 6. The van der Waals surface area contributed by atoms with E-state index >= 15 is 0 Å². The molecule has 0 atom stereocenters. The van der Waals surface area contributed by atoms with Gasteiger partial charge in [0.05, 0.1) is 11.9 Å². The summed E-state index contributed by atoms with van der Waals surface area (Å²) < 4.78 is 28.6. The lowest BCUT2D eigenvalue weighted by Gasteiger charge is -2.31. The zero-order valence-corrected chi connectivity index (χ0v) is 15.8. The second-order valence-corrected chi connectivity index (χ2v) is 7.20.